The molecule has 256 valence electrons. The minimum absolute atomic E-state index is 0.0519. The van der Waals surface area contributed by atoms with E-state index in [4.69, 9.17) is 15.1 Å². The fourth-order valence-corrected chi connectivity index (χ4v) is 6.94. The molecule has 1 aliphatic heterocycles. The Morgan fingerprint density at radius 2 is 1.96 bits per heavy atom. The van der Waals surface area contributed by atoms with Crippen LogP contribution in [-0.4, -0.2) is 79.2 Å². The Kier molecular flexibility index (Phi) is 11.7. The maximum Gasteiger partial charge on any atom is 0.335 e. The third-order valence-corrected chi connectivity index (χ3v) is 9.75. The Morgan fingerprint density at radius 1 is 1.23 bits per heavy atom. The van der Waals surface area contributed by atoms with Crippen LogP contribution in [0.3, 0.4) is 0 Å². The second-order valence-corrected chi connectivity index (χ2v) is 13.4. The van der Waals surface area contributed by atoms with Crippen LogP contribution in [0.4, 0.5) is 10.1 Å². The molecule has 1 saturated heterocycles. The number of aromatic carboxylic acids is 1. The van der Waals surface area contributed by atoms with Crippen molar-refractivity contribution >= 4 is 17.6 Å². The topological polar surface area (TPSA) is 160 Å². The van der Waals surface area contributed by atoms with Crippen molar-refractivity contribution in [3.05, 3.63) is 57.7 Å². The van der Waals surface area contributed by atoms with Gasteiger partial charge in [-0.2, -0.15) is 5.06 Å². The summed E-state index contributed by atoms with van der Waals surface area (Å²) in [6, 6.07) is 6.48. The van der Waals surface area contributed by atoms with Crippen LogP contribution < -0.4 is 15.0 Å². The predicted octanol–water partition coefficient (Wildman–Crippen LogP) is 5.63. The number of halogens is 1. The van der Waals surface area contributed by atoms with Crippen LogP contribution in [0.5, 0.6) is 5.75 Å². The van der Waals surface area contributed by atoms with Crippen molar-refractivity contribution in [1.29, 1.82) is 0 Å². The number of aliphatic hydroxyl groups is 1. The van der Waals surface area contributed by atoms with E-state index in [2.05, 4.69) is 36.1 Å². The second-order valence-electron chi connectivity index (χ2n) is 13.4. The van der Waals surface area contributed by atoms with Gasteiger partial charge in [0.2, 0.25) is 5.91 Å². The molecular formula is C34H47FN6O6. The van der Waals surface area contributed by atoms with E-state index in [1.165, 1.54) is 30.4 Å². The standard InChI is InChI=1S/C34H47FN6O6/c1-18(2)21-9-8-19(3)28(15-21)38-33(43)31-30(20(4)42)29(16-37-39-36)47-41(31)17-26-27(35)11-10-25(32(26)46-7)22-12-23(34(44)45)14-24(13-22)40(5)6/h10-14,18-21,28-31,42H,8-9,15-17H2,1-7H3,(H,38,43)(H,44,45)/t19-,20-,21+,28-,29-,30+,31-/m0/s1. The molecule has 4 rings (SSSR count). The summed E-state index contributed by atoms with van der Waals surface area (Å²) in [6.07, 6.45) is 1.03. The quantitative estimate of drug-likeness (QED) is 0.151. The highest BCUT2D eigenvalue weighted by Crippen LogP contribution is 2.40. The largest absolute Gasteiger partial charge is 0.496 e. The van der Waals surface area contributed by atoms with Gasteiger partial charge in [0.25, 0.3) is 0 Å². The van der Waals surface area contributed by atoms with Crippen molar-refractivity contribution in [1.82, 2.24) is 10.4 Å². The number of carbonyl (C=O) groups excluding carboxylic acids is 1. The summed E-state index contributed by atoms with van der Waals surface area (Å²) >= 11 is 0. The molecule has 2 aliphatic rings. The van der Waals surface area contributed by atoms with Crippen LogP contribution in [0.2, 0.25) is 0 Å². The van der Waals surface area contributed by atoms with Gasteiger partial charge in [-0.3, -0.25) is 9.63 Å². The number of nitrogens with zero attached hydrogens (tertiary/aromatic N) is 5. The van der Waals surface area contributed by atoms with Crippen molar-refractivity contribution in [2.75, 3.05) is 32.6 Å². The number of amides is 1. The number of methoxy groups -OCH3 is 1. The van der Waals surface area contributed by atoms with Crippen molar-refractivity contribution in [3.63, 3.8) is 0 Å². The number of ether oxygens (including phenoxy) is 1. The molecule has 1 saturated carbocycles. The maximum atomic E-state index is 15.7. The minimum atomic E-state index is -1.11. The Balaban J connectivity index is 1.76. The molecule has 1 heterocycles. The zero-order valence-electron chi connectivity index (χ0n) is 28.2. The van der Waals surface area contributed by atoms with Crippen molar-refractivity contribution in [3.8, 4) is 16.9 Å². The summed E-state index contributed by atoms with van der Waals surface area (Å²) in [7, 11) is 4.97. The lowest BCUT2D eigenvalue weighted by molar-refractivity contribution is -0.174. The molecule has 0 radical (unpaired) electrons. The smallest absolute Gasteiger partial charge is 0.335 e. The molecule has 3 N–H and O–H groups in total. The number of carbonyl (C=O) groups is 2. The molecule has 0 unspecified atom stereocenters. The molecule has 2 fully saturated rings. The number of hydrogen-bond acceptors (Lipinski definition) is 8. The number of hydrogen-bond donors (Lipinski definition) is 3. The van der Waals surface area contributed by atoms with Gasteiger partial charge in [0.05, 0.1) is 38.0 Å². The third kappa shape index (κ3) is 7.98. The van der Waals surface area contributed by atoms with Crippen LogP contribution >= 0.6 is 0 Å². The van der Waals surface area contributed by atoms with E-state index in [1.807, 2.05) is 0 Å². The lowest BCUT2D eigenvalue weighted by atomic mass is 9.74. The molecule has 47 heavy (non-hydrogen) atoms. The molecule has 13 heteroatoms. The molecule has 0 aromatic heterocycles. The van der Waals surface area contributed by atoms with E-state index in [0.717, 1.165) is 19.3 Å². The van der Waals surface area contributed by atoms with Gasteiger partial charge < -0.3 is 25.2 Å². The maximum absolute atomic E-state index is 15.7. The van der Waals surface area contributed by atoms with Crippen LogP contribution in [0.15, 0.2) is 35.4 Å². The summed E-state index contributed by atoms with van der Waals surface area (Å²) in [5, 5.41) is 28.9. The Hall–Kier alpha value is -3.90. The Labute approximate surface area is 275 Å². The summed E-state index contributed by atoms with van der Waals surface area (Å²) in [6.45, 7) is 7.66. The molecule has 1 aliphatic carbocycles. The first kappa shape index (κ1) is 35.9. The number of hydroxylamine groups is 2. The Morgan fingerprint density at radius 3 is 2.55 bits per heavy atom. The number of carboxylic acids is 1. The number of rotatable bonds is 12. The van der Waals surface area contributed by atoms with Gasteiger partial charge in [-0.15, -0.1) is 0 Å². The molecule has 2 aromatic rings. The molecular weight excluding hydrogens is 607 g/mol. The fraction of sp³-hybridized carbons (Fsp3) is 0.588. The van der Waals surface area contributed by atoms with Gasteiger partial charge in [-0.25, -0.2) is 9.18 Å². The van der Waals surface area contributed by atoms with E-state index in [1.54, 1.807) is 38.1 Å². The first-order chi connectivity index (χ1) is 22.3. The number of nitrogens with one attached hydrogen (secondary N) is 1. The van der Waals surface area contributed by atoms with E-state index in [9.17, 15) is 19.8 Å². The molecule has 7 atom stereocenters. The van der Waals surface area contributed by atoms with Gasteiger partial charge in [-0.1, -0.05) is 25.9 Å². The zero-order chi connectivity index (χ0) is 34.6. The SMILES string of the molecule is COc1c(-c2cc(C(=O)O)cc(N(C)C)c2)ccc(F)c1CN1O[C@@H](CN=[N+]=[N-])[C@@H]([C@H](C)O)[C@H]1C(=O)N[C@H]1C[C@H](C(C)C)CC[C@@H]1C. The van der Waals surface area contributed by atoms with Crippen LogP contribution in [0.25, 0.3) is 21.6 Å². The lowest BCUT2D eigenvalue weighted by Crippen LogP contribution is -2.53. The van der Waals surface area contributed by atoms with Crippen LogP contribution in [-0.2, 0) is 16.2 Å². The number of carboxylic acid groups (broad SMARTS) is 1. The average molecular weight is 655 g/mol. The third-order valence-electron chi connectivity index (χ3n) is 9.75. The molecule has 12 nitrogen and oxygen atoms in total. The highest BCUT2D eigenvalue weighted by Gasteiger charge is 2.50. The highest BCUT2D eigenvalue weighted by molar-refractivity contribution is 5.92. The fourth-order valence-electron chi connectivity index (χ4n) is 6.94. The highest BCUT2D eigenvalue weighted by atomic mass is 19.1. The van der Waals surface area contributed by atoms with E-state index < -0.39 is 36.0 Å². The van der Waals surface area contributed by atoms with Gasteiger partial charge in [0, 0.05) is 47.8 Å². The Bertz CT molecular complexity index is 1500. The molecule has 2 aromatic carbocycles. The van der Waals surface area contributed by atoms with Crippen molar-refractivity contribution in [2.24, 2.45) is 28.8 Å². The van der Waals surface area contributed by atoms with Crippen LogP contribution in [0, 0.1) is 29.5 Å². The molecule has 0 spiro atoms. The predicted molar refractivity (Wildman–Crippen MR) is 176 cm³/mol. The van der Waals surface area contributed by atoms with E-state index in [-0.39, 0.29) is 47.8 Å². The summed E-state index contributed by atoms with van der Waals surface area (Å²) in [5.74, 6) is -1.55. The van der Waals surface area contributed by atoms with Crippen LogP contribution in [0.1, 0.15) is 62.9 Å². The van der Waals surface area contributed by atoms with Crippen molar-refractivity contribution in [2.45, 2.75) is 77.8 Å². The lowest BCUT2D eigenvalue weighted by Gasteiger charge is -2.38. The second kappa shape index (κ2) is 15.3. The average Bonchev–Trinajstić information content (AvgIpc) is 3.39. The van der Waals surface area contributed by atoms with Gasteiger partial charge in [0.1, 0.15) is 17.6 Å². The summed E-state index contributed by atoms with van der Waals surface area (Å²) in [5.41, 5.74) is 10.7. The monoisotopic (exact) mass is 654 g/mol. The first-order valence-corrected chi connectivity index (χ1v) is 16.1. The molecule has 1 amide bonds. The van der Waals surface area contributed by atoms with Gasteiger partial charge in [0.15, 0.2) is 0 Å². The normalized spacial score (nSPS) is 25.2. The summed E-state index contributed by atoms with van der Waals surface area (Å²) in [4.78, 5) is 36.9. The van der Waals surface area contributed by atoms with Gasteiger partial charge >= 0.3 is 5.97 Å². The van der Waals surface area contributed by atoms with E-state index >= 15 is 4.39 Å². The number of aliphatic hydroxyl groups excluding tert-OH is 1. The minimum Gasteiger partial charge on any atom is -0.496 e. The number of benzene rings is 2. The zero-order valence-corrected chi connectivity index (χ0v) is 28.2. The number of azide groups is 1. The summed E-state index contributed by atoms with van der Waals surface area (Å²) < 4.78 is 21.5. The van der Waals surface area contributed by atoms with E-state index in [0.29, 0.717) is 28.7 Å². The molecule has 0 bridgehead atoms. The first-order valence-electron chi connectivity index (χ1n) is 16.1. The van der Waals surface area contributed by atoms with Gasteiger partial charge in [-0.05, 0) is 85.4 Å². The number of anilines is 1. The van der Waals surface area contributed by atoms with Crippen molar-refractivity contribution < 1.29 is 33.8 Å².